The zero-order valence-electron chi connectivity index (χ0n) is 16.8. The molecule has 0 fully saturated rings. The Morgan fingerprint density at radius 2 is 1.73 bits per heavy atom. The van der Waals surface area contributed by atoms with E-state index in [1.807, 2.05) is 36.4 Å². The first-order chi connectivity index (χ1) is 14.4. The van der Waals surface area contributed by atoms with E-state index in [0.717, 1.165) is 5.56 Å². The van der Waals surface area contributed by atoms with Crippen LogP contribution in [0.25, 0.3) is 6.08 Å². The molecule has 6 heteroatoms. The van der Waals surface area contributed by atoms with Crippen molar-refractivity contribution < 1.29 is 24.5 Å². The maximum atomic E-state index is 12.9. The highest BCUT2D eigenvalue weighted by Gasteiger charge is 2.37. The molecule has 0 amide bonds. The quantitative estimate of drug-likeness (QED) is 0.630. The van der Waals surface area contributed by atoms with Gasteiger partial charge in [0, 0.05) is 11.4 Å². The molecule has 0 bridgehead atoms. The van der Waals surface area contributed by atoms with Gasteiger partial charge in [-0.25, -0.2) is 9.59 Å². The van der Waals surface area contributed by atoms with Crippen molar-refractivity contribution in [2.24, 2.45) is 0 Å². The fraction of sp³-hybridized carbons (Fsp3) is 0.167. The van der Waals surface area contributed by atoms with Crippen molar-refractivity contribution in [2.45, 2.75) is 19.8 Å². The molecule has 1 aliphatic rings. The molecule has 2 aromatic carbocycles. The minimum absolute atomic E-state index is 0.00964. The Kier molecular flexibility index (Phi) is 6.37. The summed E-state index contributed by atoms with van der Waals surface area (Å²) in [7, 11) is 0. The number of aromatic hydroxyl groups is 1. The van der Waals surface area contributed by atoms with E-state index in [1.165, 1.54) is 12.1 Å². The number of carbonyl (C=O) groups is 2. The summed E-state index contributed by atoms with van der Waals surface area (Å²) >= 11 is 0. The van der Waals surface area contributed by atoms with Crippen LogP contribution in [0.4, 0.5) is 0 Å². The minimum Gasteiger partial charge on any atom is -0.508 e. The van der Waals surface area contributed by atoms with Crippen LogP contribution in [0.1, 0.15) is 30.9 Å². The monoisotopic (exact) mass is 405 g/mol. The largest absolute Gasteiger partial charge is 0.508 e. The number of rotatable bonds is 6. The van der Waals surface area contributed by atoms with E-state index in [9.17, 15) is 19.8 Å². The van der Waals surface area contributed by atoms with Gasteiger partial charge in [0.25, 0.3) is 0 Å². The first kappa shape index (κ1) is 20.9. The topological polar surface area (TPSA) is 95.9 Å². The lowest BCUT2D eigenvalue weighted by Crippen LogP contribution is -2.31. The van der Waals surface area contributed by atoms with Gasteiger partial charge in [-0.2, -0.15) is 0 Å². The number of carbonyl (C=O) groups excluding carboxylic acids is 1. The Morgan fingerprint density at radius 3 is 2.40 bits per heavy atom. The van der Waals surface area contributed by atoms with Crippen LogP contribution in [0.3, 0.4) is 0 Å². The minimum atomic E-state index is -1.14. The van der Waals surface area contributed by atoms with Crippen LogP contribution < -0.4 is 5.32 Å². The van der Waals surface area contributed by atoms with Crippen molar-refractivity contribution in [1.82, 2.24) is 5.32 Å². The predicted molar refractivity (Wildman–Crippen MR) is 113 cm³/mol. The highest BCUT2D eigenvalue weighted by molar-refractivity contribution is 5.99. The van der Waals surface area contributed by atoms with Crippen molar-refractivity contribution in [2.75, 3.05) is 6.61 Å². The summed E-state index contributed by atoms with van der Waals surface area (Å²) in [6, 6.07) is 15.9. The van der Waals surface area contributed by atoms with Gasteiger partial charge in [0.1, 0.15) is 12.4 Å². The summed E-state index contributed by atoms with van der Waals surface area (Å²) in [5.74, 6) is -2.63. The molecule has 1 heterocycles. The molecule has 0 saturated carbocycles. The van der Waals surface area contributed by atoms with Gasteiger partial charge in [-0.15, -0.1) is 0 Å². The molecule has 6 nitrogen and oxygen atoms in total. The number of carboxylic acid groups (broad SMARTS) is 1. The third kappa shape index (κ3) is 4.60. The van der Waals surface area contributed by atoms with Crippen LogP contribution in [0.15, 0.2) is 83.2 Å². The number of esters is 1. The fourth-order valence-corrected chi connectivity index (χ4v) is 3.54. The molecule has 1 aliphatic heterocycles. The van der Waals surface area contributed by atoms with Crippen LogP contribution in [0, 0.1) is 0 Å². The summed E-state index contributed by atoms with van der Waals surface area (Å²) in [5, 5.41) is 22.6. The molecule has 154 valence electrons. The number of phenols is 1. The standard InChI is InChI=1S/C24H23NO5/c1-15-20(23(27)28)22(18-11-6-12-19(26)14-18)21(16(2)25-15)24(29)30-13-7-10-17-8-4-3-5-9-17/h3-12,14,22,25-26H,13H2,1-2H3,(H,27,28). The molecule has 0 aliphatic carbocycles. The number of hydrogen-bond donors (Lipinski definition) is 3. The molecule has 0 radical (unpaired) electrons. The zero-order valence-corrected chi connectivity index (χ0v) is 16.8. The fourth-order valence-electron chi connectivity index (χ4n) is 3.54. The van der Waals surface area contributed by atoms with E-state index >= 15 is 0 Å². The van der Waals surface area contributed by atoms with Crippen LogP contribution >= 0.6 is 0 Å². The van der Waals surface area contributed by atoms with Gasteiger partial charge in [0.2, 0.25) is 0 Å². The Bertz CT molecular complexity index is 1050. The SMILES string of the molecule is CC1=C(C(=O)O)C(c2cccc(O)c2)C(C(=O)OCC=Cc2ccccc2)=C(C)N1. The lowest BCUT2D eigenvalue weighted by molar-refractivity contribution is -0.138. The summed E-state index contributed by atoms with van der Waals surface area (Å²) in [5.41, 5.74) is 2.68. The Morgan fingerprint density at radius 1 is 1.03 bits per heavy atom. The number of aliphatic carboxylic acids is 1. The van der Waals surface area contributed by atoms with E-state index in [1.54, 1.807) is 32.1 Å². The van der Waals surface area contributed by atoms with E-state index in [4.69, 9.17) is 4.74 Å². The molecule has 0 saturated heterocycles. The molecule has 1 atom stereocenters. The van der Waals surface area contributed by atoms with Gasteiger partial charge in [0.15, 0.2) is 0 Å². The first-order valence-corrected chi connectivity index (χ1v) is 9.48. The van der Waals surface area contributed by atoms with Crippen molar-refractivity contribution in [3.8, 4) is 5.75 Å². The number of ether oxygens (including phenoxy) is 1. The first-order valence-electron chi connectivity index (χ1n) is 9.48. The second kappa shape index (κ2) is 9.13. The van der Waals surface area contributed by atoms with Crippen LogP contribution in [0.5, 0.6) is 5.75 Å². The maximum Gasteiger partial charge on any atom is 0.337 e. The van der Waals surface area contributed by atoms with Crippen LogP contribution in [-0.2, 0) is 14.3 Å². The molecular weight excluding hydrogens is 382 g/mol. The van der Waals surface area contributed by atoms with Gasteiger partial charge in [-0.1, -0.05) is 48.5 Å². The lowest BCUT2D eigenvalue weighted by Gasteiger charge is -2.29. The second-order valence-electron chi connectivity index (χ2n) is 6.95. The van der Waals surface area contributed by atoms with Crippen molar-refractivity contribution >= 4 is 18.0 Å². The summed E-state index contributed by atoms with van der Waals surface area (Å²) in [6.07, 6.45) is 3.56. The van der Waals surface area contributed by atoms with Gasteiger partial charge >= 0.3 is 11.9 Å². The normalized spacial score (nSPS) is 16.5. The van der Waals surface area contributed by atoms with E-state index in [0.29, 0.717) is 17.0 Å². The van der Waals surface area contributed by atoms with E-state index in [2.05, 4.69) is 5.32 Å². The molecule has 3 N–H and O–H groups in total. The number of carboxylic acids is 1. The molecule has 0 spiro atoms. The summed E-state index contributed by atoms with van der Waals surface area (Å²) in [6.45, 7) is 3.39. The third-order valence-corrected chi connectivity index (χ3v) is 4.83. The van der Waals surface area contributed by atoms with Gasteiger partial charge in [0.05, 0.1) is 17.1 Å². The number of benzene rings is 2. The highest BCUT2D eigenvalue weighted by Crippen LogP contribution is 2.39. The molecule has 0 aromatic heterocycles. The summed E-state index contributed by atoms with van der Waals surface area (Å²) < 4.78 is 5.42. The van der Waals surface area contributed by atoms with Crippen LogP contribution in [-0.4, -0.2) is 28.8 Å². The van der Waals surface area contributed by atoms with Gasteiger partial charge < -0.3 is 20.3 Å². The molecule has 2 aromatic rings. The van der Waals surface area contributed by atoms with E-state index in [-0.39, 0.29) is 23.5 Å². The van der Waals surface area contributed by atoms with Crippen molar-refractivity contribution in [3.63, 3.8) is 0 Å². The zero-order chi connectivity index (χ0) is 21.7. The van der Waals surface area contributed by atoms with Crippen molar-refractivity contribution in [3.05, 3.63) is 94.3 Å². The maximum absolute atomic E-state index is 12.9. The molecule has 3 rings (SSSR count). The van der Waals surface area contributed by atoms with Crippen LogP contribution in [0.2, 0.25) is 0 Å². The molecular formula is C24H23NO5. The predicted octanol–water partition coefficient (Wildman–Crippen LogP) is 3.97. The number of dihydropyridines is 1. The number of hydrogen-bond acceptors (Lipinski definition) is 5. The Balaban J connectivity index is 1.88. The van der Waals surface area contributed by atoms with Gasteiger partial charge in [-0.05, 0) is 43.2 Å². The average molecular weight is 405 g/mol. The number of allylic oxidation sites excluding steroid dienone is 2. The second-order valence-corrected chi connectivity index (χ2v) is 6.95. The van der Waals surface area contributed by atoms with E-state index < -0.39 is 17.9 Å². The van der Waals surface area contributed by atoms with Crippen molar-refractivity contribution in [1.29, 1.82) is 0 Å². The average Bonchev–Trinajstić information content (AvgIpc) is 2.71. The Hall–Kier alpha value is -3.80. The Labute approximate surface area is 174 Å². The summed E-state index contributed by atoms with van der Waals surface area (Å²) in [4.78, 5) is 24.9. The highest BCUT2D eigenvalue weighted by atomic mass is 16.5. The molecule has 30 heavy (non-hydrogen) atoms. The lowest BCUT2D eigenvalue weighted by atomic mass is 9.80. The number of nitrogens with one attached hydrogen (secondary N) is 1. The smallest absolute Gasteiger partial charge is 0.337 e. The van der Waals surface area contributed by atoms with Gasteiger partial charge in [-0.3, -0.25) is 0 Å². The third-order valence-electron chi connectivity index (χ3n) is 4.83. The molecule has 1 unspecified atom stereocenters. The number of phenolic OH excluding ortho intramolecular Hbond substituents is 1.